The van der Waals surface area contributed by atoms with E-state index in [9.17, 15) is 4.39 Å². The molecule has 1 nitrogen and oxygen atoms in total. The first-order chi connectivity index (χ1) is 9.58. The molecule has 0 heterocycles. The van der Waals surface area contributed by atoms with Gasteiger partial charge in [0.1, 0.15) is 5.82 Å². The molecule has 2 aromatic rings. The van der Waals surface area contributed by atoms with Gasteiger partial charge in [-0.3, -0.25) is 0 Å². The minimum Gasteiger partial charge on any atom is -0.327 e. The molecule has 0 spiro atoms. The Morgan fingerprint density at radius 2 is 1.75 bits per heavy atom. The van der Waals surface area contributed by atoms with Gasteiger partial charge in [0, 0.05) is 16.7 Å². The average Bonchev–Trinajstić information content (AvgIpc) is 2.43. The van der Waals surface area contributed by atoms with Crippen LogP contribution in [0.4, 0.5) is 4.39 Å². The van der Waals surface area contributed by atoms with Crippen LogP contribution in [0.1, 0.15) is 5.56 Å². The van der Waals surface area contributed by atoms with Gasteiger partial charge in [0.15, 0.2) is 0 Å². The first-order valence-corrected chi connectivity index (χ1v) is 7.88. The molecule has 0 aliphatic carbocycles. The summed E-state index contributed by atoms with van der Waals surface area (Å²) in [5.41, 5.74) is 6.60. The van der Waals surface area contributed by atoms with Gasteiger partial charge in [-0.15, -0.1) is 11.8 Å². The fourth-order valence-corrected chi connectivity index (χ4v) is 3.19. The summed E-state index contributed by atoms with van der Waals surface area (Å²) < 4.78 is 13.8. The normalized spacial score (nSPS) is 12.4. The minimum atomic E-state index is -0.382. The molecule has 0 bridgehead atoms. The average molecular weight is 330 g/mol. The SMILES string of the molecule is NC(CSc1ccccc1Cl)Cc1cccc(Cl)c1F. The standard InChI is InChI=1S/C15H14Cl2FNS/c16-12-5-1-2-7-14(12)20-9-11(19)8-10-4-3-6-13(17)15(10)18/h1-7,11H,8-9,19H2. The van der Waals surface area contributed by atoms with E-state index in [1.54, 1.807) is 23.9 Å². The Morgan fingerprint density at radius 3 is 2.50 bits per heavy atom. The second-order valence-electron chi connectivity index (χ2n) is 4.42. The van der Waals surface area contributed by atoms with E-state index in [1.165, 1.54) is 6.07 Å². The number of rotatable bonds is 5. The summed E-state index contributed by atoms with van der Waals surface area (Å²) in [5.74, 6) is 0.280. The molecule has 0 amide bonds. The van der Waals surface area contributed by atoms with Crippen LogP contribution in [0.15, 0.2) is 47.4 Å². The third-order valence-electron chi connectivity index (χ3n) is 2.80. The third kappa shape index (κ3) is 4.13. The van der Waals surface area contributed by atoms with E-state index < -0.39 is 0 Å². The van der Waals surface area contributed by atoms with Gasteiger partial charge in [0.05, 0.1) is 10.0 Å². The number of hydrogen-bond acceptors (Lipinski definition) is 2. The van der Waals surface area contributed by atoms with Crippen LogP contribution >= 0.6 is 35.0 Å². The van der Waals surface area contributed by atoms with Crippen LogP contribution < -0.4 is 5.73 Å². The van der Waals surface area contributed by atoms with Crippen molar-refractivity contribution in [1.82, 2.24) is 0 Å². The Morgan fingerprint density at radius 1 is 1.05 bits per heavy atom. The zero-order chi connectivity index (χ0) is 14.5. The highest BCUT2D eigenvalue weighted by molar-refractivity contribution is 7.99. The fraction of sp³-hybridized carbons (Fsp3) is 0.200. The molecule has 0 aliphatic heterocycles. The van der Waals surface area contributed by atoms with Gasteiger partial charge in [-0.25, -0.2) is 4.39 Å². The van der Waals surface area contributed by atoms with Gasteiger partial charge in [-0.1, -0.05) is 47.5 Å². The van der Waals surface area contributed by atoms with Gasteiger partial charge < -0.3 is 5.73 Å². The van der Waals surface area contributed by atoms with Crippen molar-refractivity contribution < 1.29 is 4.39 Å². The maximum atomic E-state index is 13.8. The predicted octanol–water partition coefficient (Wildman–Crippen LogP) is 4.79. The monoisotopic (exact) mass is 329 g/mol. The van der Waals surface area contributed by atoms with Crippen LogP contribution in [0.25, 0.3) is 0 Å². The molecule has 0 aliphatic rings. The molecule has 106 valence electrons. The molecular weight excluding hydrogens is 316 g/mol. The molecule has 2 rings (SSSR count). The number of nitrogens with two attached hydrogens (primary N) is 1. The highest BCUT2D eigenvalue weighted by Crippen LogP contribution is 2.27. The van der Waals surface area contributed by atoms with E-state index >= 15 is 0 Å². The molecule has 0 saturated carbocycles. The van der Waals surface area contributed by atoms with Crippen molar-refractivity contribution in [2.24, 2.45) is 5.73 Å². The third-order valence-corrected chi connectivity index (χ3v) is 4.80. The lowest BCUT2D eigenvalue weighted by Gasteiger charge is -2.13. The minimum absolute atomic E-state index is 0.133. The maximum absolute atomic E-state index is 13.8. The Kier molecular flexibility index (Phi) is 5.73. The Balaban J connectivity index is 1.94. The van der Waals surface area contributed by atoms with Gasteiger partial charge in [0.25, 0.3) is 0 Å². The molecular formula is C15H14Cl2FNS. The van der Waals surface area contributed by atoms with Crippen molar-refractivity contribution in [2.75, 3.05) is 5.75 Å². The fourth-order valence-electron chi connectivity index (χ4n) is 1.81. The van der Waals surface area contributed by atoms with Crippen molar-refractivity contribution >= 4 is 35.0 Å². The topological polar surface area (TPSA) is 26.0 Å². The summed E-state index contributed by atoms with van der Waals surface area (Å²) in [7, 11) is 0. The van der Waals surface area contributed by atoms with Crippen molar-refractivity contribution in [3.63, 3.8) is 0 Å². The summed E-state index contributed by atoms with van der Waals surface area (Å²) in [6.07, 6.45) is 0.448. The van der Waals surface area contributed by atoms with E-state index in [0.717, 1.165) is 4.90 Å². The molecule has 0 saturated heterocycles. The maximum Gasteiger partial charge on any atom is 0.145 e. The number of halogens is 3. The van der Waals surface area contributed by atoms with Crippen molar-refractivity contribution in [3.05, 3.63) is 63.9 Å². The second-order valence-corrected chi connectivity index (χ2v) is 6.29. The van der Waals surface area contributed by atoms with Crippen LogP contribution in [-0.4, -0.2) is 11.8 Å². The van der Waals surface area contributed by atoms with E-state index in [1.807, 2.05) is 24.3 Å². The van der Waals surface area contributed by atoms with Crippen LogP contribution in [0, 0.1) is 5.82 Å². The Labute approximate surface area is 132 Å². The number of hydrogen-bond donors (Lipinski definition) is 1. The summed E-state index contributed by atoms with van der Waals surface area (Å²) in [6, 6.07) is 12.4. The van der Waals surface area contributed by atoms with E-state index in [2.05, 4.69) is 0 Å². The molecule has 2 N–H and O–H groups in total. The van der Waals surface area contributed by atoms with Crippen LogP contribution in [-0.2, 0) is 6.42 Å². The number of thioether (sulfide) groups is 1. The summed E-state index contributed by atoms with van der Waals surface area (Å²) in [5, 5.41) is 0.840. The second kappa shape index (κ2) is 7.32. The smallest absolute Gasteiger partial charge is 0.145 e. The van der Waals surface area contributed by atoms with Crippen molar-refractivity contribution in [1.29, 1.82) is 0 Å². The molecule has 0 fully saturated rings. The Bertz CT molecular complexity index is 592. The lowest BCUT2D eigenvalue weighted by Crippen LogP contribution is -2.26. The highest BCUT2D eigenvalue weighted by atomic mass is 35.5. The predicted molar refractivity (Wildman–Crippen MR) is 85.3 cm³/mol. The largest absolute Gasteiger partial charge is 0.327 e. The zero-order valence-corrected chi connectivity index (χ0v) is 13.0. The van der Waals surface area contributed by atoms with Crippen LogP contribution in [0.2, 0.25) is 10.0 Å². The van der Waals surface area contributed by atoms with Crippen LogP contribution in [0.5, 0.6) is 0 Å². The van der Waals surface area contributed by atoms with E-state index in [0.29, 0.717) is 22.8 Å². The quantitative estimate of drug-likeness (QED) is 0.798. The number of benzene rings is 2. The summed E-state index contributed by atoms with van der Waals surface area (Å²) in [6.45, 7) is 0. The van der Waals surface area contributed by atoms with Gasteiger partial charge in [-0.2, -0.15) is 0 Å². The summed E-state index contributed by atoms with van der Waals surface area (Å²) in [4.78, 5) is 0.983. The molecule has 0 radical (unpaired) electrons. The lowest BCUT2D eigenvalue weighted by molar-refractivity contribution is 0.598. The van der Waals surface area contributed by atoms with Gasteiger partial charge >= 0.3 is 0 Å². The highest BCUT2D eigenvalue weighted by Gasteiger charge is 2.11. The molecule has 1 atom stereocenters. The lowest BCUT2D eigenvalue weighted by atomic mass is 10.1. The Hall–Kier alpha value is -0.740. The van der Waals surface area contributed by atoms with Crippen molar-refractivity contribution in [3.8, 4) is 0 Å². The molecule has 2 aromatic carbocycles. The molecule has 1 unspecified atom stereocenters. The molecule has 20 heavy (non-hydrogen) atoms. The molecule has 5 heteroatoms. The van der Waals surface area contributed by atoms with Crippen LogP contribution in [0.3, 0.4) is 0 Å². The van der Waals surface area contributed by atoms with Gasteiger partial charge in [-0.05, 0) is 30.2 Å². The first-order valence-electron chi connectivity index (χ1n) is 6.13. The van der Waals surface area contributed by atoms with E-state index in [-0.39, 0.29) is 16.9 Å². The molecule has 0 aromatic heterocycles. The van der Waals surface area contributed by atoms with Gasteiger partial charge in [0.2, 0.25) is 0 Å². The zero-order valence-electron chi connectivity index (χ0n) is 10.7. The first kappa shape index (κ1) is 15.6. The van der Waals surface area contributed by atoms with E-state index in [4.69, 9.17) is 28.9 Å². The summed E-state index contributed by atoms with van der Waals surface area (Å²) >= 11 is 13.4. The van der Waals surface area contributed by atoms with Crippen molar-refractivity contribution in [2.45, 2.75) is 17.4 Å².